The molecule has 0 aliphatic heterocycles. The third-order valence-corrected chi connectivity index (χ3v) is 10.8. The van der Waals surface area contributed by atoms with Crippen LogP contribution in [0.15, 0.2) is 194 Å². The SMILES string of the molecule is c1ccc(N(c2cccc(-c3ccc4c(c3)c3c(n4-c4ccccc4)-c4c5ccccc5cc5cccc-3c45)c2)c2cccc3ccccc23)cc1. The van der Waals surface area contributed by atoms with Crippen molar-refractivity contribution in [1.82, 2.24) is 4.57 Å². The van der Waals surface area contributed by atoms with Crippen molar-refractivity contribution in [2.24, 2.45) is 0 Å². The van der Waals surface area contributed by atoms with Crippen LogP contribution < -0.4 is 4.90 Å². The molecule has 0 radical (unpaired) electrons. The summed E-state index contributed by atoms with van der Waals surface area (Å²) in [5, 5.41) is 8.91. The Bertz CT molecular complexity index is 3000. The average Bonchev–Trinajstić information content (AvgIpc) is 3.73. The molecule has 2 heteroatoms. The minimum atomic E-state index is 1.12. The van der Waals surface area contributed by atoms with Gasteiger partial charge >= 0.3 is 0 Å². The first-order valence-electron chi connectivity index (χ1n) is 17.9. The molecule has 0 N–H and O–H groups in total. The lowest BCUT2D eigenvalue weighted by molar-refractivity contribution is 1.14. The van der Waals surface area contributed by atoms with Crippen molar-refractivity contribution in [2.75, 3.05) is 4.90 Å². The minimum Gasteiger partial charge on any atom is -0.310 e. The smallest absolute Gasteiger partial charge is 0.0632 e. The van der Waals surface area contributed by atoms with Crippen LogP contribution in [0.3, 0.4) is 0 Å². The van der Waals surface area contributed by atoms with Crippen molar-refractivity contribution in [2.45, 2.75) is 0 Å². The van der Waals surface area contributed by atoms with Crippen LogP contribution in [0.4, 0.5) is 17.1 Å². The highest BCUT2D eigenvalue weighted by atomic mass is 15.1. The number of fused-ring (bicyclic) bond motifs is 8. The molecule has 52 heavy (non-hydrogen) atoms. The van der Waals surface area contributed by atoms with E-state index in [1.807, 2.05) is 0 Å². The Morgan fingerprint density at radius 3 is 1.90 bits per heavy atom. The van der Waals surface area contributed by atoms with Crippen molar-refractivity contribution < 1.29 is 0 Å². The van der Waals surface area contributed by atoms with Gasteiger partial charge in [0.15, 0.2) is 0 Å². The summed E-state index contributed by atoms with van der Waals surface area (Å²) in [4.78, 5) is 2.39. The van der Waals surface area contributed by atoms with Crippen molar-refractivity contribution in [1.29, 1.82) is 0 Å². The van der Waals surface area contributed by atoms with E-state index in [9.17, 15) is 0 Å². The minimum absolute atomic E-state index is 1.12. The summed E-state index contributed by atoms with van der Waals surface area (Å²) in [6, 6.07) is 70.8. The van der Waals surface area contributed by atoms with Crippen molar-refractivity contribution >= 4 is 60.3 Å². The van der Waals surface area contributed by atoms with Gasteiger partial charge in [-0.3, -0.25) is 0 Å². The van der Waals surface area contributed by atoms with Crippen molar-refractivity contribution in [3.63, 3.8) is 0 Å². The number of benzene rings is 9. The third-order valence-electron chi connectivity index (χ3n) is 10.8. The maximum absolute atomic E-state index is 2.49. The molecule has 0 amide bonds. The zero-order valence-corrected chi connectivity index (χ0v) is 28.4. The fourth-order valence-corrected chi connectivity index (χ4v) is 8.63. The highest BCUT2D eigenvalue weighted by Gasteiger charge is 2.31. The standard InChI is InChI=1S/C50H32N2/c1-3-19-38(20-4-1)51(45-27-13-16-33-14-7-9-24-41(33)45)40-23-11-17-34(31-40)35-28-29-46-44(32-35)48-43-26-12-18-37-30-36-15-8-10-25-42(36)49(47(37)43)50(48)52(46)39-21-5-2-6-22-39/h1-32H. The molecule has 0 fully saturated rings. The largest absolute Gasteiger partial charge is 0.310 e. The Labute approximate surface area is 302 Å². The monoisotopic (exact) mass is 660 g/mol. The van der Waals surface area contributed by atoms with Gasteiger partial charge in [0.1, 0.15) is 0 Å². The molecule has 0 saturated carbocycles. The van der Waals surface area contributed by atoms with Crippen molar-refractivity contribution in [3.8, 4) is 39.2 Å². The lowest BCUT2D eigenvalue weighted by Gasteiger charge is -2.27. The molecule has 1 aliphatic rings. The summed E-state index contributed by atoms with van der Waals surface area (Å²) < 4.78 is 2.49. The van der Waals surface area contributed by atoms with E-state index < -0.39 is 0 Å². The second-order valence-electron chi connectivity index (χ2n) is 13.7. The van der Waals surface area contributed by atoms with Crippen LogP contribution >= 0.6 is 0 Å². The average molecular weight is 661 g/mol. The van der Waals surface area contributed by atoms with Gasteiger partial charge in [-0.15, -0.1) is 0 Å². The van der Waals surface area contributed by atoms with E-state index in [2.05, 4.69) is 204 Å². The first-order valence-corrected chi connectivity index (χ1v) is 17.9. The third kappa shape index (κ3) is 4.25. The molecule has 0 atom stereocenters. The molecule has 9 aromatic carbocycles. The zero-order valence-electron chi connectivity index (χ0n) is 28.4. The molecule has 0 spiro atoms. The number of nitrogens with zero attached hydrogens (tertiary/aromatic N) is 2. The van der Waals surface area contributed by atoms with E-state index in [-0.39, 0.29) is 0 Å². The number of para-hydroxylation sites is 2. The molecule has 0 saturated heterocycles. The quantitative estimate of drug-likeness (QED) is 0.167. The van der Waals surface area contributed by atoms with Gasteiger partial charge in [0.05, 0.1) is 16.9 Å². The van der Waals surface area contributed by atoms with Crippen LogP contribution in [0.25, 0.3) is 82.4 Å². The lowest BCUT2D eigenvalue weighted by atomic mass is 9.96. The molecule has 2 nitrogen and oxygen atoms in total. The Morgan fingerprint density at radius 2 is 1.04 bits per heavy atom. The Balaban J connectivity index is 1.15. The van der Waals surface area contributed by atoms with Crippen molar-refractivity contribution in [3.05, 3.63) is 194 Å². The molecule has 242 valence electrons. The van der Waals surface area contributed by atoms with E-state index in [1.54, 1.807) is 0 Å². The van der Waals surface area contributed by atoms with Crippen LogP contribution in [-0.2, 0) is 0 Å². The lowest BCUT2D eigenvalue weighted by Crippen LogP contribution is -2.10. The number of hydrogen-bond acceptors (Lipinski definition) is 1. The summed E-state index contributed by atoms with van der Waals surface area (Å²) in [6.45, 7) is 0. The van der Waals surface area contributed by atoms with E-state index in [1.165, 1.54) is 82.4 Å². The van der Waals surface area contributed by atoms with Gasteiger partial charge in [-0.1, -0.05) is 133 Å². The molecule has 1 aliphatic carbocycles. The molecule has 0 bridgehead atoms. The second-order valence-corrected chi connectivity index (χ2v) is 13.7. The molecular formula is C50H32N2. The summed E-state index contributed by atoms with van der Waals surface area (Å²) in [7, 11) is 0. The summed E-state index contributed by atoms with van der Waals surface area (Å²) in [5.74, 6) is 0. The number of hydrogen-bond donors (Lipinski definition) is 0. The molecular weight excluding hydrogens is 629 g/mol. The highest BCUT2D eigenvalue weighted by Crippen LogP contribution is 2.55. The maximum atomic E-state index is 2.49. The topological polar surface area (TPSA) is 8.17 Å². The predicted octanol–water partition coefficient (Wildman–Crippen LogP) is 13.9. The Hall–Kier alpha value is -6.90. The fourth-order valence-electron chi connectivity index (χ4n) is 8.63. The molecule has 1 aromatic heterocycles. The van der Waals surface area contributed by atoms with Crippen LogP contribution in [0.1, 0.15) is 0 Å². The van der Waals surface area contributed by atoms with Gasteiger partial charge in [0.25, 0.3) is 0 Å². The van der Waals surface area contributed by atoms with Gasteiger partial charge in [-0.05, 0) is 104 Å². The van der Waals surface area contributed by atoms with E-state index >= 15 is 0 Å². The van der Waals surface area contributed by atoms with E-state index in [0.717, 1.165) is 17.1 Å². The van der Waals surface area contributed by atoms with Crippen LogP contribution in [-0.4, -0.2) is 4.57 Å². The number of aromatic nitrogens is 1. The van der Waals surface area contributed by atoms with E-state index in [0.29, 0.717) is 0 Å². The molecule has 1 heterocycles. The van der Waals surface area contributed by atoms with Gasteiger partial charge in [-0.25, -0.2) is 0 Å². The van der Waals surface area contributed by atoms with Crippen LogP contribution in [0.5, 0.6) is 0 Å². The van der Waals surface area contributed by atoms with Gasteiger partial charge in [-0.2, -0.15) is 0 Å². The molecule has 0 unspecified atom stereocenters. The Kier molecular flexibility index (Phi) is 6.28. The second kappa shape index (κ2) is 11.3. The van der Waals surface area contributed by atoms with E-state index in [4.69, 9.17) is 0 Å². The summed E-state index contributed by atoms with van der Waals surface area (Å²) in [5.41, 5.74) is 13.4. The maximum Gasteiger partial charge on any atom is 0.0632 e. The van der Waals surface area contributed by atoms with Gasteiger partial charge in [0.2, 0.25) is 0 Å². The molecule has 11 rings (SSSR count). The zero-order chi connectivity index (χ0) is 34.2. The van der Waals surface area contributed by atoms with Gasteiger partial charge in [0, 0.05) is 39.0 Å². The van der Waals surface area contributed by atoms with Crippen LogP contribution in [0.2, 0.25) is 0 Å². The fraction of sp³-hybridized carbons (Fsp3) is 0. The normalized spacial score (nSPS) is 11.8. The summed E-state index contributed by atoms with van der Waals surface area (Å²) >= 11 is 0. The predicted molar refractivity (Wildman–Crippen MR) is 220 cm³/mol. The first kappa shape index (κ1) is 28.9. The number of rotatable bonds is 5. The van der Waals surface area contributed by atoms with Gasteiger partial charge < -0.3 is 9.47 Å². The van der Waals surface area contributed by atoms with Crippen LogP contribution in [0, 0.1) is 0 Å². The Morgan fingerprint density at radius 1 is 0.385 bits per heavy atom. The first-order chi connectivity index (χ1) is 25.8. The summed E-state index contributed by atoms with van der Waals surface area (Å²) in [6.07, 6.45) is 0. The number of anilines is 3. The highest BCUT2D eigenvalue weighted by molar-refractivity contribution is 6.28. The molecule has 10 aromatic rings.